The molecule has 2 N–H and O–H groups in total. The second kappa shape index (κ2) is 8.35. The molecule has 6 nitrogen and oxygen atoms in total. The molecule has 0 bridgehead atoms. The lowest BCUT2D eigenvalue weighted by atomic mass is 9.78. The van der Waals surface area contributed by atoms with Crippen molar-refractivity contribution in [2.24, 2.45) is 5.41 Å². The molecule has 0 aromatic heterocycles. The predicted molar refractivity (Wildman–Crippen MR) is 73.3 cm³/mol. The lowest BCUT2D eigenvalue weighted by Gasteiger charge is -2.36. The molecule has 1 fully saturated rings. The van der Waals surface area contributed by atoms with Crippen LogP contribution < -0.4 is 10.6 Å². The molecular formula is C12H23ClN2O4. The molecule has 1 atom stereocenters. The third kappa shape index (κ3) is 4.63. The molecule has 1 saturated heterocycles. The van der Waals surface area contributed by atoms with Crippen molar-refractivity contribution in [3.63, 3.8) is 0 Å². The van der Waals surface area contributed by atoms with Gasteiger partial charge >= 0.3 is 5.97 Å². The number of piperidine rings is 1. The highest BCUT2D eigenvalue weighted by Crippen LogP contribution is 2.29. The summed E-state index contributed by atoms with van der Waals surface area (Å²) in [6.45, 7) is 3.55. The molecule has 7 heteroatoms. The number of carbonyl (C=O) groups excluding carboxylic acids is 2. The third-order valence-electron chi connectivity index (χ3n) is 3.37. The fourth-order valence-electron chi connectivity index (χ4n) is 2.20. The summed E-state index contributed by atoms with van der Waals surface area (Å²) in [6.07, 6.45) is 1.42. The highest BCUT2D eigenvalue weighted by molar-refractivity contribution is 5.88. The normalized spacial score (nSPS) is 18.9. The summed E-state index contributed by atoms with van der Waals surface area (Å²) >= 11 is 0. The lowest BCUT2D eigenvalue weighted by molar-refractivity contribution is -0.147. The van der Waals surface area contributed by atoms with E-state index in [4.69, 9.17) is 4.74 Å². The van der Waals surface area contributed by atoms with E-state index in [-0.39, 0.29) is 18.3 Å². The molecule has 0 radical (unpaired) electrons. The summed E-state index contributed by atoms with van der Waals surface area (Å²) in [5.74, 6) is -0.575. The quantitative estimate of drug-likeness (QED) is 0.704. The number of methoxy groups -OCH3 is 2. The fourth-order valence-corrected chi connectivity index (χ4v) is 2.20. The monoisotopic (exact) mass is 294 g/mol. The molecular weight excluding hydrogens is 272 g/mol. The van der Waals surface area contributed by atoms with Gasteiger partial charge in [-0.05, 0) is 32.9 Å². The molecule has 19 heavy (non-hydrogen) atoms. The average molecular weight is 295 g/mol. The van der Waals surface area contributed by atoms with Gasteiger partial charge in [-0.2, -0.15) is 0 Å². The Morgan fingerprint density at radius 1 is 1.32 bits per heavy atom. The van der Waals surface area contributed by atoms with Gasteiger partial charge in [0.05, 0.1) is 19.1 Å². The number of carbonyl (C=O) groups is 2. The number of esters is 1. The Balaban J connectivity index is 0.00000324. The lowest BCUT2D eigenvalue weighted by Crippen LogP contribution is -2.53. The summed E-state index contributed by atoms with van der Waals surface area (Å²) in [5.41, 5.74) is -0.539. The highest BCUT2D eigenvalue weighted by Gasteiger charge is 2.40. The van der Waals surface area contributed by atoms with E-state index < -0.39 is 17.4 Å². The molecule has 1 unspecified atom stereocenters. The maximum Gasteiger partial charge on any atom is 0.328 e. The van der Waals surface area contributed by atoms with Gasteiger partial charge in [0.15, 0.2) is 0 Å². The van der Waals surface area contributed by atoms with Crippen LogP contribution in [-0.2, 0) is 19.1 Å². The second-order valence-electron chi connectivity index (χ2n) is 4.68. The summed E-state index contributed by atoms with van der Waals surface area (Å²) in [7, 11) is 2.89. The van der Waals surface area contributed by atoms with Gasteiger partial charge in [0.25, 0.3) is 0 Å². The molecule has 1 aliphatic rings. The second-order valence-corrected chi connectivity index (χ2v) is 4.68. The van der Waals surface area contributed by atoms with Crippen LogP contribution in [0.3, 0.4) is 0 Å². The van der Waals surface area contributed by atoms with Crippen LogP contribution in [0.2, 0.25) is 0 Å². The molecule has 0 spiro atoms. The van der Waals surface area contributed by atoms with E-state index in [2.05, 4.69) is 15.4 Å². The van der Waals surface area contributed by atoms with Crippen molar-refractivity contribution in [3.8, 4) is 0 Å². The topological polar surface area (TPSA) is 76.7 Å². The number of nitrogens with one attached hydrogen (secondary N) is 2. The molecule has 112 valence electrons. The first kappa shape index (κ1) is 18.1. The van der Waals surface area contributed by atoms with Crippen LogP contribution in [0.15, 0.2) is 0 Å². The number of amides is 1. The fraction of sp³-hybridized carbons (Fsp3) is 0.833. The van der Waals surface area contributed by atoms with Crippen molar-refractivity contribution < 1.29 is 19.1 Å². The van der Waals surface area contributed by atoms with E-state index in [0.29, 0.717) is 19.4 Å². The Kier molecular flexibility index (Phi) is 7.97. The summed E-state index contributed by atoms with van der Waals surface area (Å²) in [4.78, 5) is 23.6. The number of hydrogen-bond acceptors (Lipinski definition) is 5. The minimum absolute atomic E-state index is 0. The summed E-state index contributed by atoms with van der Waals surface area (Å²) < 4.78 is 9.77. The van der Waals surface area contributed by atoms with Crippen LogP contribution in [0.1, 0.15) is 19.8 Å². The summed E-state index contributed by atoms with van der Waals surface area (Å²) in [6, 6.07) is -0.633. The molecule has 0 aliphatic carbocycles. The smallest absolute Gasteiger partial charge is 0.328 e. The Morgan fingerprint density at radius 2 is 1.89 bits per heavy atom. The van der Waals surface area contributed by atoms with Crippen LogP contribution in [0.5, 0.6) is 0 Å². The van der Waals surface area contributed by atoms with Gasteiger partial charge in [-0.15, -0.1) is 12.4 Å². The van der Waals surface area contributed by atoms with Crippen molar-refractivity contribution in [1.82, 2.24) is 10.6 Å². The van der Waals surface area contributed by atoms with Crippen molar-refractivity contribution >= 4 is 24.3 Å². The largest absolute Gasteiger partial charge is 0.467 e. The number of halogens is 1. The van der Waals surface area contributed by atoms with E-state index in [1.54, 1.807) is 14.0 Å². The Morgan fingerprint density at radius 3 is 2.37 bits per heavy atom. The van der Waals surface area contributed by atoms with Crippen LogP contribution in [0.4, 0.5) is 0 Å². The number of hydrogen-bond donors (Lipinski definition) is 2. The van der Waals surface area contributed by atoms with Gasteiger partial charge in [-0.1, -0.05) is 0 Å². The molecule has 1 aliphatic heterocycles. The molecule has 0 aromatic carbocycles. The first-order valence-electron chi connectivity index (χ1n) is 6.14. The van der Waals surface area contributed by atoms with Crippen molar-refractivity contribution in [2.45, 2.75) is 25.8 Å². The third-order valence-corrected chi connectivity index (χ3v) is 3.37. The van der Waals surface area contributed by atoms with E-state index in [9.17, 15) is 9.59 Å². The van der Waals surface area contributed by atoms with Crippen LogP contribution in [0.25, 0.3) is 0 Å². The van der Waals surface area contributed by atoms with Crippen LogP contribution in [-0.4, -0.2) is 51.8 Å². The van der Waals surface area contributed by atoms with Gasteiger partial charge in [0.2, 0.25) is 5.91 Å². The number of rotatable bonds is 5. The van der Waals surface area contributed by atoms with Gasteiger partial charge in [-0.3, -0.25) is 4.79 Å². The summed E-state index contributed by atoms with van der Waals surface area (Å²) in [5, 5.41) is 5.92. The predicted octanol–water partition coefficient (Wildman–Crippen LogP) is 0.102. The van der Waals surface area contributed by atoms with Crippen LogP contribution in [0, 0.1) is 5.41 Å². The van der Waals surface area contributed by atoms with E-state index in [1.165, 1.54) is 7.11 Å². The average Bonchev–Trinajstić information content (AvgIpc) is 2.39. The van der Waals surface area contributed by atoms with Gasteiger partial charge in [0.1, 0.15) is 6.04 Å². The number of ether oxygens (including phenoxy) is 2. The molecule has 1 amide bonds. The zero-order chi connectivity index (χ0) is 13.6. The maximum atomic E-state index is 12.3. The minimum atomic E-state index is -0.633. The molecule has 0 aromatic rings. The van der Waals surface area contributed by atoms with Crippen molar-refractivity contribution in [1.29, 1.82) is 0 Å². The first-order chi connectivity index (χ1) is 8.55. The Hall–Kier alpha value is -0.850. The molecule has 0 saturated carbocycles. The Bertz CT molecular complexity index is 301. The van der Waals surface area contributed by atoms with Gasteiger partial charge in [0, 0.05) is 7.11 Å². The van der Waals surface area contributed by atoms with Gasteiger partial charge < -0.3 is 20.1 Å². The maximum absolute atomic E-state index is 12.3. The van der Waals surface area contributed by atoms with Crippen molar-refractivity contribution in [3.05, 3.63) is 0 Å². The van der Waals surface area contributed by atoms with E-state index in [1.807, 2.05) is 0 Å². The molecule has 1 rings (SSSR count). The van der Waals surface area contributed by atoms with E-state index >= 15 is 0 Å². The SMILES string of the molecule is COCC1(C(=O)NC(C)C(=O)OC)CCNCC1.Cl. The minimum Gasteiger partial charge on any atom is -0.467 e. The first-order valence-corrected chi connectivity index (χ1v) is 6.14. The van der Waals surface area contributed by atoms with E-state index in [0.717, 1.165) is 13.1 Å². The van der Waals surface area contributed by atoms with Crippen LogP contribution >= 0.6 is 12.4 Å². The highest BCUT2D eigenvalue weighted by atomic mass is 35.5. The van der Waals surface area contributed by atoms with Crippen molar-refractivity contribution in [2.75, 3.05) is 33.9 Å². The van der Waals surface area contributed by atoms with Gasteiger partial charge in [-0.25, -0.2) is 4.79 Å². The zero-order valence-corrected chi connectivity index (χ0v) is 12.5. The standard InChI is InChI=1S/C12H22N2O4.ClH/c1-9(10(15)18-3)14-11(16)12(8-17-2)4-6-13-7-5-12;/h9,13H,4-8H2,1-3H3,(H,14,16);1H. The Labute approximate surface area is 120 Å². The zero-order valence-electron chi connectivity index (χ0n) is 11.7. The molecule has 1 heterocycles.